The highest BCUT2D eigenvalue weighted by molar-refractivity contribution is 5.56. The predicted molar refractivity (Wildman–Crippen MR) is 70.1 cm³/mol. The third kappa shape index (κ3) is 4.59. The molecule has 0 radical (unpaired) electrons. The monoisotopic (exact) mass is 289 g/mol. The molecule has 112 valence electrons. The summed E-state index contributed by atoms with van der Waals surface area (Å²) < 4.78 is 47.0. The quantitative estimate of drug-likeness (QED) is 0.898. The molecule has 0 saturated carbocycles. The van der Waals surface area contributed by atoms with E-state index in [1.54, 1.807) is 18.2 Å². The zero-order chi connectivity index (χ0) is 14.6. The van der Waals surface area contributed by atoms with Gasteiger partial charge < -0.3 is 14.8 Å². The molecule has 1 aliphatic heterocycles. The summed E-state index contributed by atoms with van der Waals surface area (Å²) in [6.45, 7) is 1.29. The summed E-state index contributed by atoms with van der Waals surface area (Å²) in [5, 5.41) is 3.09. The standard InChI is InChI=1S/C14H18F3NO2/c1-10-6-7-11(20-10)8-18-12-4-2-3-5-13(12)19-9-14(15,16)17/h2-5,10-11,18H,6-9H2,1H3. The van der Waals surface area contributed by atoms with Gasteiger partial charge in [0, 0.05) is 6.54 Å². The van der Waals surface area contributed by atoms with Crippen LogP contribution in [0.25, 0.3) is 0 Å². The van der Waals surface area contributed by atoms with Gasteiger partial charge in [-0.25, -0.2) is 0 Å². The van der Waals surface area contributed by atoms with Crippen LogP contribution in [0.5, 0.6) is 5.75 Å². The Kier molecular flexibility index (Phi) is 4.75. The molecule has 1 aromatic rings. The van der Waals surface area contributed by atoms with Gasteiger partial charge in [0.05, 0.1) is 17.9 Å². The van der Waals surface area contributed by atoms with Crippen LogP contribution in [0.4, 0.5) is 18.9 Å². The Labute approximate surface area is 116 Å². The molecule has 0 aromatic heterocycles. The molecule has 1 aliphatic rings. The zero-order valence-corrected chi connectivity index (χ0v) is 11.2. The van der Waals surface area contributed by atoms with Gasteiger partial charge in [0.1, 0.15) is 5.75 Å². The minimum Gasteiger partial charge on any atom is -0.482 e. The molecular formula is C14H18F3NO2. The van der Waals surface area contributed by atoms with E-state index in [-0.39, 0.29) is 18.0 Å². The lowest BCUT2D eigenvalue weighted by Crippen LogP contribution is -2.22. The van der Waals surface area contributed by atoms with Crippen molar-refractivity contribution in [3.63, 3.8) is 0 Å². The van der Waals surface area contributed by atoms with Crippen molar-refractivity contribution in [1.82, 2.24) is 0 Å². The van der Waals surface area contributed by atoms with Crippen molar-refractivity contribution in [2.45, 2.75) is 38.1 Å². The molecule has 2 rings (SSSR count). The van der Waals surface area contributed by atoms with Gasteiger partial charge in [-0.2, -0.15) is 13.2 Å². The average Bonchev–Trinajstić information content (AvgIpc) is 2.80. The molecule has 1 N–H and O–H groups in total. The van der Waals surface area contributed by atoms with Gasteiger partial charge >= 0.3 is 6.18 Å². The first-order valence-electron chi connectivity index (χ1n) is 6.62. The summed E-state index contributed by atoms with van der Waals surface area (Å²) in [6.07, 6.45) is -2.02. The predicted octanol–water partition coefficient (Wildman–Crippen LogP) is 3.61. The summed E-state index contributed by atoms with van der Waals surface area (Å²) in [7, 11) is 0. The average molecular weight is 289 g/mol. The van der Waals surface area contributed by atoms with Crippen LogP contribution in [0.3, 0.4) is 0 Å². The van der Waals surface area contributed by atoms with Crippen LogP contribution < -0.4 is 10.1 Å². The number of ether oxygens (including phenoxy) is 2. The SMILES string of the molecule is CC1CCC(CNc2ccccc2OCC(F)(F)F)O1. The van der Waals surface area contributed by atoms with E-state index >= 15 is 0 Å². The van der Waals surface area contributed by atoms with E-state index in [9.17, 15) is 13.2 Å². The lowest BCUT2D eigenvalue weighted by atomic mass is 10.2. The molecule has 2 atom stereocenters. The number of hydrogen-bond donors (Lipinski definition) is 1. The fraction of sp³-hybridized carbons (Fsp3) is 0.571. The highest BCUT2D eigenvalue weighted by Gasteiger charge is 2.29. The smallest absolute Gasteiger partial charge is 0.422 e. The third-order valence-corrected chi connectivity index (χ3v) is 3.12. The van der Waals surface area contributed by atoms with Gasteiger partial charge in [-0.05, 0) is 31.9 Å². The van der Waals surface area contributed by atoms with Gasteiger partial charge in [0.2, 0.25) is 0 Å². The van der Waals surface area contributed by atoms with E-state index in [1.165, 1.54) is 6.07 Å². The summed E-state index contributed by atoms with van der Waals surface area (Å²) in [6, 6.07) is 6.61. The molecule has 2 unspecified atom stereocenters. The normalized spacial score (nSPS) is 22.8. The minimum atomic E-state index is -4.34. The maximum atomic E-state index is 12.2. The summed E-state index contributed by atoms with van der Waals surface area (Å²) in [4.78, 5) is 0. The highest BCUT2D eigenvalue weighted by Crippen LogP contribution is 2.27. The molecule has 3 nitrogen and oxygen atoms in total. The number of benzene rings is 1. The molecule has 20 heavy (non-hydrogen) atoms. The van der Waals surface area contributed by atoms with E-state index < -0.39 is 12.8 Å². The molecule has 1 saturated heterocycles. The van der Waals surface area contributed by atoms with Crippen LogP contribution >= 0.6 is 0 Å². The lowest BCUT2D eigenvalue weighted by Gasteiger charge is -2.17. The molecule has 1 heterocycles. The van der Waals surface area contributed by atoms with Gasteiger partial charge in [-0.15, -0.1) is 0 Å². The first-order valence-corrected chi connectivity index (χ1v) is 6.62. The highest BCUT2D eigenvalue weighted by atomic mass is 19.4. The number of para-hydroxylation sites is 2. The Hall–Kier alpha value is -1.43. The summed E-state index contributed by atoms with van der Waals surface area (Å²) >= 11 is 0. The van der Waals surface area contributed by atoms with Crippen LogP contribution in [0.2, 0.25) is 0 Å². The van der Waals surface area contributed by atoms with Crippen molar-refractivity contribution in [3.05, 3.63) is 24.3 Å². The second kappa shape index (κ2) is 6.35. The molecule has 1 aromatic carbocycles. The molecule has 0 amide bonds. The first kappa shape index (κ1) is 15.0. The lowest BCUT2D eigenvalue weighted by molar-refractivity contribution is -0.153. The molecule has 6 heteroatoms. The van der Waals surface area contributed by atoms with Crippen molar-refractivity contribution >= 4 is 5.69 Å². The molecule has 0 bridgehead atoms. The Morgan fingerprint density at radius 3 is 2.70 bits per heavy atom. The van der Waals surface area contributed by atoms with Crippen LogP contribution in [0.1, 0.15) is 19.8 Å². The van der Waals surface area contributed by atoms with E-state index in [0.717, 1.165) is 12.8 Å². The van der Waals surface area contributed by atoms with Crippen molar-refractivity contribution in [2.75, 3.05) is 18.5 Å². The van der Waals surface area contributed by atoms with Crippen molar-refractivity contribution in [2.24, 2.45) is 0 Å². The largest absolute Gasteiger partial charge is 0.482 e. The summed E-state index contributed by atoms with van der Waals surface area (Å²) in [5.41, 5.74) is 0.555. The summed E-state index contributed by atoms with van der Waals surface area (Å²) in [5.74, 6) is 0.205. The van der Waals surface area contributed by atoms with E-state index in [2.05, 4.69) is 5.32 Å². The van der Waals surface area contributed by atoms with E-state index in [1.807, 2.05) is 6.92 Å². The van der Waals surface area contributed by atoms with Crippen LogP contribution in [-0.4, -0.2) is 31.5 Å². The van der Waals surface area contributed by atoms with Gasteiger partial charge in [0.15, 0.2) is 6.61 Å². The molecule has 0 aliphatic carbocycles. The Morgan fingerprint density at radius 2 is 2.05 bits per heavy atom. The maximum Gasteiger partial charge on any atom is 0.422 e. The number of halogens is 3. The van der Waals surface area contributed by atoms with E-state index in [0.29, 0.717) is 12.2 Å². The fourth-order valence-electron chi connectivity index (χ4n) is 2.16. The second-order valence-corrected chi connectivity index (χ2v) is 4.93. The van der Waals surface area contributed by atoms with Gasteiger partial charge in [-0.3, -0.25) is 0 Å². The maximum absolute atomic E-state index is 12.2. The Morgan fingerprint density at radius 1 is 1.30 bits per heavy atom. The topological polar surface area (TPSA) is 30.5 Å². The minimum absolute atomic E-state index is 0.0978. The number of nitrogens with one attached hydrogen (secondary N) is 1. The van der Waals surface area contributed by atoms with Crippen LogP contribution in [0, 0.1) is 0 Å². The number of alkyl halides is 3. The van der Waals surface area contributed by atoms with Crippen molar-refractivity contribution in [3.8, 4) is 5.75 Å². The van der Waals surface area contributed by atoms with E-state index in [4.69, 9.17) is 9.47 Å². The van der Waals surface area contributed by atoms with Crippen molar-refractivity contribution in [1.29, 1.82) is 0 Å². The molecule has 0 spiro atoms. The number of anilines is 1. The molecular weight excluding hydrogens is 271 g/mol. The van der Waals surface area contributed by atoms with Gasteiger partial charge in [-0.1, -0.05) is 12.1 Å². The Bertz CT molecular complexity index is 437. The Balaban J connectivity index is 1.90. The van der Waals surface area contributed by atoms with Gasteiger partial charge in [0.25, 0.3) is 0 Å². The fourth-order valence-corrected chi connectivity index (χ4v) is 2.16. The van der Waals surface area contributed by atoms with Crippen LogP contribution in [-0.2, 0) is 4.74 Å². The second-order valence-electron chi connectivity index (χ2n) is 4.93. The van der Waals surface area contributed by atoms with Crippen molar-refractivity contribution < 1.29 is 22.6 Å². The third-order valence-electron chi connectivity index (χ3n) is 3.12. The number of hydrogen-bond acceptors (Lipinski definition) is 3. The molecule has 1 fully saturated rings. The zero-order valence-electron chi connectivity index (χ0n) is 11.2. The first-order chi connectivity index (χ1) is 9.44. The van der Waals surface area contributed by atoms with Crippen LogP contribution in [0.15, 0.2) is 24.3 Å². The number of rotatable bonds is 5.